The van der Waals surface area contributed by atoms with E-state index in [4.69, 9.17) is 0 Å². The zero-order valence-corrected chi connectivity index (χ0v) is 9.38. The molecule has 0 fully saturated rings. The van der Waals surface area contributed by atoms with Gasteiger partial charge in [-0.25, -0.2) is 0 Å². The van der Waals surface area contributed by atoms with Crippen LogP contribution in [0.25, 0.3) is 0 Å². The van der Waals surface area contributed by atoms with E-state index >= 15 is 0 Å². The first-order valence-corrected chi connectivity index (χ1v) is 6.54. The van der Waals surface area contributed by atoms with Crippen LogP contribution in [0, 0.1) is 6.92 Å². The van der Waals surface area contributed by atoms with Gasteiger partial charge < -0.3 is 0 Å². The summed E-state index contributed by atoms with van der Waals surface area (Å²) < 4.78 is 1.32. The van der Waals surface area contributed by atoms with Gasteiger partial charge in [0.1, 0.15) is 0 Å². The summed E-state index contributed by atoms with van der Waals surface area (Å²) in [4.78, 5) is 0. The maximum atomic E-state index is 9.44. The molecule has 1 rings (SSSR count). The van der Waals surface area contributed by atoms with Crippen LogP contribution in [0.1, 0.15) is 24.2 Å². The summed E-state index contributed by atoms with van der Waals surface area (Å²) in [6, 6.07) is 6.25. The molecule has 1 nitrogen and oxygen atoms in total. The number of benzene rings is 1. The molecule has 0 aliphatic carbocycles. The van der Waals surface area contributed by atoms with Gasteiger partial charge in [-0.05, 0) is 0 Å². The second-order valence-electron chi connectivity index (χ2n) is 2.92. The molecule has 0 radical (unpaired) electrons. The van der Waals surface area contributed by atoms with E-state index in [1.54, 1.807) is 0 Å². The molecule has 0 bridgehead atoms. The van der Waals surface area contributed by atoms with Crippen molar-refractivity contribution < 1.29 is 5.11 Å². The third kappa shape index (κ3) is 2.10. The van der Waals surface area contributed by atoms with Crippen LogP contribution >= 0.6 is 0 Å². The molecule has 66 valence electrons. The fourth-order valence-electron chi connectivity index (χ4n) is 1.16. The van der Waals surface area contributed by atoms with Crippen molar-refractivity contribution in [2.75, 3.05) is 0 Å². The van der Waals surface area contributed by atoms with Crippen molar-refractivity contribution in [2.24, 2.45) is 0 Å². The molecule has 12 heavy (non-hydrogen) atoms. The van der Waals surface area contributed by atoms with E-state index in [0.717, 1.165) is 5.56 Å². The Kier molecular flexibility index (Phi) is 3.33. The van der Waals surface area contributed by atoms with Gasteiger partial charge in [-0.15, -0.1) is 0 Å². The Hall–Kier alpha value is -0.301. The number of hydrogen-bond acceptors (Lipinski definition) is 1. The molecule has 0 amide bonds. The van der Waals surface area contributed by atoms with Crippen LogP contribution in [0.2, 0.25) is 5.82 Å². The molecule has 0 aromatic heterocycles. The normalized spacial score (nSPS) is 13.0. The van der Waals surface area contributed by atoms with Crippen LogP contribution in [0.3, 0.4) is 0 Å². The van der Waals surface area contributed by atoms with E-state index in [2.05, 4.69) is 24.9 Å². The molecular formula is C10H14OSe. The molecule has 0 aliphatic rings. The van der Waals surface area contributed by atoms with Gasteiger partial charge in [0.05, 0.1) is 0 Å². The van der Waals surface area contributed by atoms with Crippen molar-refractivity contribution >= 4 is 19.4 Å². The summed E-state index contributed by atoms with van der Waals surface area (Å²) in [5.74, 6) is 2.17. The van der Waals surface area contributed by atoms with Gasteiger partial charge in [-0.2, -0.15) is 0 Å². The third-order valence-corrected chi connectivity index (χ3v) is 3.50. The van der Waals surface area contributed by atoms with Crippen LogP contribution in [0.4, 0.5) is 0 Å². The van der Waals surface area contributed by atoms with Crippen LogP contribution < -0.4 is 4.46 Å². The second-order valence-corrected chi connectivity index (χ2v) is 4.70. The Morgan fingerprint density at radius 3 is 2.58 bits per heavy atom. The van der Waals surface area contributed by atoms with Crippen LogP contribution in [-0.4, -0.2) is 20.1 Å². The van der Waals surface area contributed by atoms with Crippen molar-refractivity contribution in [2.45, 2.75) is 25.8 Å². The van der Waals surface area contributed by atoms with Gasteiger partial charge in [0, 0.05) is 0 Å². The summed E-state index contributed by atoms with van der Waals surface area (Å²) in [6.45, 7) is 3.90. The third-order valence-electron chi connectivity index (χ3n) is 1.84. The van der Waals surface area contributed by atoms with Crippen LogP contribution in [0.15, 0.2) is 18.2 Å². The predicted octanol–water partition coefficient (Wildman–Crippen LogP) is 1.43. The van der Waals surface area contributed by atoms with Gasteiger partial charge >= 0.3 is 79.6 Å². The molecule has 0 spiro atoms. The monoisotopic (exact) mass is 230 g/mol. The fraction of sp³-hybridized carbons (Fsp3) is 0.400. The molecule has 1 aromatic carbocycles. The molecule has 0 aliphatic heterocycles. The minimum atomic E-state index is -0.331. The quantitative estimate of drug-likeness (QED) is 0.760. The topological polar surface area (TPSA) is 20.2 Å². The van der Waals surface area contributed by atoms with Crippen molar-refractivity contribution in [3.63, 3.8) is 0 Å². The second kappa shape index (κ2) is 4.08. The molecular weight excluding hydrogens is 215 g/mol. The van der Waals surface area contributed by atoms with E-state index < -0.39 is 0 Å². The molecule has 2 heteroatoms. The molecule has 0 saturated carbocycles. The average Bonchev–Trinajstić information content (AvgIpc) is 2.03. The Labute approximate surface area is 80.0 Å². The minimum absolute atomic E-state index is 0.331. The van der Waals surface area contributed by atoms with E-state index in [1.807, 2.05) is 13.0 Å². The van der Waals surface area contributed by atoms with Crippen LogP contribution in [0.5, 0.6) is 0 Å². The molecule has 1 N–H and O–H groups in total. The van der Waals surface area contributed by atoms with Crippen molar-refractivity contribution in [1.82, 2.24) is 0 Å². The van der Waals surface area contributed by atoms with Gasteiger partial charge in [0.15, 0.2) is 0 Å². The first-order valence-electron chi connectivity index (χ1n) is 3.97. The van der Waals surface area contributed by atoms with E-state index in [9.17, 15) is 5.11 Å². The van der Waals surface area contributed by atoms with Crippen molar-refractivity contribution in [3.8, 4) is 0 Å². The molecule has 1 aromatic rings. The van der Waals surface area contributed by atoms with E-state index in [-0.39, 0.29) is 6.10 Å². The Morgan fingerprint density at radius 1 is 1.42 bits per heavy atom. The van der Waals surface area contributed by atoms with E-state index in [1.165, 1.54) is 10.0 Å². The Balaban J connectivity index is 3.11. The van der Waals surface area contributed by atoms with Gasteiger partial charge in [0.25, 0.3) is 0 Å². The first kappa shape index (κ1) is 9.78. The van der Waals surface area contributed by atoms with Crippen LogP contribution in [-0.2, 0) is 0 Å². The number of aryl methyl sites for hydroxylation is 1. The summed E-state index contributed by atoms with van der Waals surface area (Å²) in [6.07, 6.45) is -0.331. The Morgan fingerprint density at radius 2 is 2.08 bits per heavy atom. The van der Waals surface area contributed by atoms with Gasteiger partial charge in [-0.1, -0.05) is 0 Å². The summed E-state index contributed by atoms with van der Waals surface area (Å²) in [5, 5.41) is 9.44. The van der Waals surface area contributed by atoms with Crippen molar-refractivity contribution in [1.29, 1.82) is 0 Å². The molecule has 0 unspecified atom stereocenters. The SMILES string of the molecule is C[Se]c1cc(C)ccc1[C@H](C)O. The number of rotatable bonds is 2. The zero-order chi connectivity index (χ0) is 9.14. The maximum absolute atomic E-state index is 9.44. The summed E-state index contributed by atoms with van der Waals surface area (Å²) in [7, 11) is 0. The summed E-state index contributed by atoms with van der Waals surface area (Å²) in [5.41, 5.74) is 2.36. The van der Waals surface area contributed by atoms with Gasteiger partial charge in [0.2, 0.25) is 0 Å². The zero-order valence-electron chi connectivity index (χ0n) is 7.66. The standard InChI is InChI=1S/C10H14OSe/c1-7-4-5-9(8(2)11)10(6-7)12-3/h4-6,8,11H,1-3H3/t8-/m0/s1. The predicted molar refractivity (Wildman–Crippen MR) is 53.1 cm³/mol. The molecule has 0 heterocycles. The number of hydrogen-bond donors (Lipinski definition) is 1. The summed E-state index contributed by atoms with van der Waals surface area (Å²) >= 11 is 0.471. The molecule has 1 atom stereocenters. The number of aliphatic hydroxyl groups is 1. The first-order chi connectivity index (χ1) is 5.65. The van der Waals surface area contributed by atoms with Crippen molar-refractivity contribution in [3.05, 3.63) is 29.3 Å². The van der Waals surface area contributed by atoms with Gasteiger partial charge in [-0.3, -0.25) is 0 Å². The molecule has 0 saturated heterocycles. The Bertz CT molecular complexity index is 269. The average molecular weight is 229 g/mol. The number of aliphatic hydroxyl groups excluding tert-OH is 1. The fourth-order valence-corrected chi connectivity index (χ4v) is 2.80. The van der Waals surface area contributed by atoms with E-state index in [0.29, 0.717) is 15.0 Å².